The number of carbonyl (C=O) groups excluding carboxylic acids is 1. The molecule has 36 heavy (non-hydrogen) atoms. The zero-order valence-corrected chi connectivity index (χ0v) is 19.4. The van der Waals surface area contributed by atoms with Crippen LogP contribution in [0.15, 0.2) is 48.5 Å². The first-order valence-electron chi connectivity index (χ1n) is 11.0. The first-order chi connectivity index (χ1) is 17.3. The summed E-state index contributed by atoms with van der Waals surface area (Å²) in [5, 5.41) is 11.2. The number of hydrogen-bond donors (Lipinski definition) is 2. The number of carboxylic acid groups (broad SMARTS) is 1. The summed E-state index contributed by atoms with van der Waals surface area (Å²) in [6.07, 6.45) is -4.48. The number of carboxylic acids is 1. The fraction of sp³-hybridized carbons (Fsp3) is 0.417. The molecular weight excluding hydrogens is 487 g/mol. The molecule has 2 N–H and O–H groups in total. The minimum Gasteiger partial charge on any atom is -0.480 e. The Morgan fingerprint density at radius 2 is 1.36 bits per heavy atom. The number of aliphatic carboxylic acids is 1. The molecule has 0 aliphatic heterocycles. The third kappa shape index (κ3) is 11.5. The molecule has 0 fully saturated rings. The van der Waals surface area contributed by atoms with E-state index in [4.69, 9.17) is 28.8 Å². The smallest absolute Gasteiger partial charge is 0.416 e. The van der Waals surface area contributed by atoms with Gasteiger partial charge in [0, 0.05) is 5.69 Å². The molecule has 12 heteroatoms. The highest BCUT2D eigenvalue weighted by Crippen LogP contribution is 2.32. The van der Waals surface area contributed by atoms with Crippen LogP contribution in [0, 0.1) is 0 Å². The molecule has 0 radical (unpaired) electrons. The Balaban J connectivity index is 1.62. The van der Waals surface area contributed by atoms with E-state index in [9.17, 15) is 22.8 Å². The zero-order valence-electron chi connectivity index (χ0n) is 19.4. The number of carbonyl (C=O) groups is 2. The van der Waals surface area contributed by atoms with E-state index in [1.54, 1.807) is 18.2 Å². The summed E-state index contributed by atoms with van der Waals surface area (Å²) in [5.74, 6) is -1.68. The van der Waals surface area contributed by atoms with Crippen molar-refractivity contribution >= 4 is 23.3 Å². The van der Waals surface area contributed by atoms with Gasteiger partial charge in [-0.3, -0.25) is 0 Å². The average molecular weight is 515 g/mol. The van der Waals surface area contributed by atoms with E-state index >= 15 is 0 Å². The summed E-state index contributed by atoms with van der Waals surface area (Å²) in [4.78, 5) is 22.7. The van der Waals surface area contributed by atoms with Crippen molar-refractivity contribution in [3.8, 4) is 0 Å². The Morgan fingerprint density at radius 3 is 1.97 bits per heavy atom. The van der Waals surface area contributed by atoms with Gasteiger partial charge in [0.25, 0.3) is 0 Å². The number of hydrogen-bond acceptors (Lipinski definition) is 8. The lowest BCUT2D eigenvalue weighted by Gasteiger charge is -2.13. The lowest BCUT2D eigenvalue weighted by atomic mass is 10.1. The number of anilines is 2. The molecule has 0 heterocycles. The summed E-state index contributed by atoms with van der Waals surface area (Å²) >= 11 is 0. The first-order valence-corrected chi connectivity index (χ1v) is 11.0. The lowest BCUT2D eigenvalue weighted by molar-refractivity contribution is -0.142. The van der Waals surface area contributed by atoms with Crippen molar-refractivity contribution in [2.24, 2.45) is 0 Å². The molecule has 0 unspecified atom stereocenters. The third-order valence-corrected chi connectivity index (χ3v) is 4.42. The molecule has 2 aromatic carbocycles. The van der Waals surface area contributed by atoms with Crippen LogP contribution in [0.2, 0.25) is 0 Å². The monoisotopic (exact) mass is 515 g/mol. The van der Waals surface area contributed by atoms with Gasteiger partial charge in [-0.15, -0.1) is 0 Å². The lowest BCUT2D eigenvalue weighted by Crippen LogP contribution is -2.15. The number of para-hydroxylation sites is 1. The maximum absolute atomic E-state index is 12.9. The maximum atomic E-state index is 12.9. The molecule has 0 atom stereocenters. The molecular formula is C24H28F3NO8. The van der Waals surface area contributed by atoms with Crippen LogP contribution in [0.4, 0.5) is 24.5 Å². The molecule has 0 spiro atoms. The van der Waals surface area contributed by atoms with E-state index in [0.717, 1.165) is 12.1 Å². The SMILES string of the molecule is O=C(O)COCCOCCOCCOCCOC(=O)c1ccccc1Nc1cccc(C(F)(F)F)c1. The van der Waals surface area contributed by atoms with Crippen LogP contribution in [0.25, 0.3) is 0 Å². The topological polar surface area (TPSA) is 113 Å². The minimum atomic E-state index is -4.48. The highest BCUT2D eigenvalue weighted by atomic mass is 19.4. The second-order valence-corrected chi connectivity index (χ2v) is 7.17. The predicted molar refractivity (Wildman–Crippen MR) is 122 cm³/mol. The summed E-state index contributed by atoms with van der Waals surface area (Å²) in [6.45, 7) is 1.41. The molecule has 0 aliphatic rings. The average Bonchev–Trinajstić information content (AvgIpc) is 2.84. The van der Waals surface area contributed by atoms with Gasteiger partial charge >= 0.3 is 18.1 Å². The van der Waals surface area contributed by atoms with Gasteiger partial charge in [-0.2, -0.15) is 13.2 Å². The standard InChI is InChI=1S/C24H28F3NO8/c25-24(26,27)18-4-3-5-19(16-18)28-21-7-2-1-6-20(21)23(31)36-15-14-34-11-10-32-8-9-33-12-13-35-17-22(29)30/h1-7,16,28H,8-15,17H2,(H,29,30). The summed E-state index contributed by atoms with van der Waals surface area (Å²) in [7, 11) is 0. The van der Waals surface area contributed by atoms with Crippen molar-refractivity contribution in [1.29, 1.82) is 0 Å². The van der Waals surface area contributed by atoms with Crippen molar-refractivity contribution in [1.82, 2.24) is 0 Å². The van der Waals surface area contributed by atoms with Crippen LogP contribution in [0.5, 0.6) is 0 Å². The molecule has 2 rings (SSSR count). The van der Waals surface area contributed by atoms with Crippen molar-refractivity contribution in [2.45, 2.75) is 6.18 Å². The molecule has 0 saturated carbocycles. The van der Waals surface area contributed by atoms with Crippen LogP contribution >= 0.6 is 0 Å². The van der Waals surface area contributed by atoms with E-state index in [0.29, 0.717) is 25.5 Å². The van der Waals surface area contributed by atoms with E-state index in [2.05, 4.69) is 5.32 Å². The first kappa shape index (κ1) is 29.0. The van der Waals surface area contributed by atoms with Crippen LogP contribution < -0.4 is 5.32 Å². The number of ether oxygens (including phenoxy) is 5. The number of rotatable bonds is 17. The van der Waals surface area contributed by atoms with Crippen molar-refractivity contribution < 1.29 is 51.6 Å². The number of alkyl halides is 3. The molecule has 0 saturated heterocycles. The third-order valence-electron chi connectivity index (χ3n) is 4.42. The van der Waals surface area contributed by atoms with Gasteiger partial charge < -0.3 is 34.1 Å². The Bertz CT molecular complexity index is 955. The van der Waals surface area contributed by atoms with Gasteiger partial charge in [-0.1, -0.05) is 18.2 Å². The minimum absolute atomic E-state index is 0.0177. The van der Waals surface area contributed by atoms with Crippen LogP contribution in [0.3, 0.4) is 0 Å². The zero-order chi connectivity index (χ0) is 26.2. The van der Waals surface area contributed by atoms with E-state index < -0.39 is 23.7 Å². The van der Waals surface area contributed by atoms with Gasteiger partial charge in [0.05, 0.1) is 63.1 Å². The number of nitrogens with one attached hydrogen (secondary N) is 1. The largest absolute Gasteiger partial charge is 0.480 e. The summed E-state index contributed by atoms with van der Waals surface area (Å²) < 4.78 is 64.7. The fourth-order valence-electron chi connectivity index (χ4n) is 2.79. The van der Waals surface area contributed by atoms with E-state index in [1.807, 2.05) is 0 Å². The Kier molecular flexibility index (Phi) is 12.7. The Labute approximate surface area is 206 Å². The Hall–Kier alpha value is -3.19. The number of esters is 1. The number of benzene rings is 2. The Morgan fingerprint density at radius 1 is 0.778 bits per heavy atom. The predicted octanol–water partition coefficient (Wildman–Crippen LogP) is 3.76. The van der Waals surface area contributed by atoms with Crippen molar-refractivity contribution in [2.75, 3.05) is 64.8 Å². The fourth-order valence-corrected chi connectivity index (χ4v) is 2.79. The van der Waals surface area contributed by atoms with Gasteiger partial charge in [-0.05, 0) is 30.3 Å². The second kappa shape index (κ2) is 15.7. The summed E-state index contributed by atoms with van der Waals surface area (Å²) in [5.41, 5.74) is -0.132. The maximum Gasteiger partial charge on any atom is 0.416 e. The van der Waals surface area contributed by atoms with Crippen LogP contribution in [-0.2, 0) is 34.7 Å². The van der Waals surface area contributed by atoms with Gasteiger partial charge in [0.15, 0.2) is 0 Å². The number of halogens is 3. The molecule has 198 valence electrons. The van der Waals surface area contributed by atoms with Gasteiger partial charge in [0.2, 0.25) is 0 Å². The quantitative estimate of drug-likeness (QED) is 0.240. The van der Waals surface area contributed by atoms with Crippen LogP contribution in [-0.4, -0.2) is 76.5 Å². The molecule has 0 bridgehead atoms. The van der Waals surface area contributed by atoms with Gasteiger partial charge in [-0.25, -0.2) is 9.59 Å². The highest BCUT2D eigenvalue weighted by Gasteiger charge is 2.30. The normalized spacial score (nSPS) is 11.3. The molecule has 0 amide bonds. The highest BCUT2D eigenvalue weighted by molar-refractivity contribution is 5.96. The molecule has 9 nitrogen and oxygen atoms in total. The van der Waals surface area contributed by atoms with Crippen molar-refractivity contribution in [3.05, 3.63) is 59.7 Å². The molecule has 2 aromatic rings. The van der Waals surface area contributed by atoms with E-state index in [-0.39, 0.29) is 50.9 Å². The molecule has 0 aliphatic carbocycles. The summed E-state index contributed by atoms with van der Waals surface area (Å²) in [6, 6.07) is 11.0. The van der Waals surface area contributed by atoms with E-state index in [1.165, 1.54) is 18.2 Å². The van der Waals surface area contributed by atoms with Gasteiger partial charge in [0.1, 0.15) is 13.2 Å². The van der Waals surface area contributed by atoms with Crippen molar-refractivity contribution in [3.63, 3.8) is 0 Å². The molecule has 0 aromatic heterocycles. The van der Waals surface area contributed by atoms with Crippen LogP contribution in [0.1, 0.15) is 15.9 Å². The second-order valence-electron chi connectivity index (χ2n) is 7.17.